The van der Waals surface area contributed by atoms with Crippen LogP contribution < -0.4 is 0 Å². The first-order valence-electron chi connectivity index (χ1n) is 15.9. The normalized spacial score (nSPS) is 11.3. The lowest BCUT2D eigenvalue weighted by atomic mass is 9.93. The van der Waals surface area contributed by atoms with Gasteiger partial charge in [-0.25, -0.2) is 4.85 Å². The minimum Gasteiger partial charge on any atom is -0.309 e. The lowest BCUT2D eigenvalue weighted by molar-refractivity contribution is 1.18. The highest BCUT2D eigenvalue weighted by Crippen LogP contribution is 2.43. The van der Waals surface area contributed by atoms with Crippen LogP contribution in [0.1, 0.15) is 5.56 Å². The van der Waals surface area contributed by atoms with Crippen LogP contribution in [0.4, 0.5) is 5.69 Å². The number of fused-ring (bicyclic) bond motifs is 6. The fourth-order valence-electron chi connectivity index (χ4n) is 7.29. The molecule has 0 aliphatic heterocycles. The minimum absolute atomic E-state index is 0.358. The quantitative estimate of drug-likeness (QED) is 0.183. The molecule has 9 rings (SSSR count). The number of nitriles is 1. The standard InChI is InChI=1S/C44H26N4/c1-46-44-31(28-45)26-30(29-22-24-32(25-23-29)47-39-17-7-2-12-33(39)34-13-3-8-18-40(34)47)27-38(44)37-16-6-11-21-43(37)48-41-19-9-4-14-35(41)36-15-5-10-20-42(36)48/h2-27H. The Kier molecular flexibility index (Phi) is 6.22. The smallest absolute Gasteiger partial charge is 0.212 e. The zero-order valence-electron chi connectivity index (χ0n) is 25.8. The summed E-state index contributed by atoms with van der Waals surface area (Å²) in [5, 5.41) is 15.1. The van der Waals surface area contributed by atoms with Crippen LogP contribution >= 0.6 is 0 Å². The van der Waals surface area contributed by atoms with Crippen LogP contribution in [0.5, 0.6) is 0 Å². The van der Waals surface area contributed by atoms with Gasteiger partial charge in [-0.3, -0.25) is 0 Å². The van der Waals surface area contributed by atoms with Crippen LogP contribution in [-0.4, -0.2) is 9.13 Å². The molecule has 0 aliphatic rings. The van der Waals surface area contributed by atoms with E-state index in [1.54, 1.807) is 0 Å². The molecule has 0 spiro atoms. The maximum Gasteiger partial charge on any atom is 0.212 e. The molecular weight excluding hydrogens is 585 g/mol. The average Bonchev–Trinajstić information content (AvgIpc) is 3.67. The summed E-state index contributed by atoms with van der Waals surface area (Å²) in [5.41, 5.74) is 10.7. The summed E-state index contributed by atoms with van der Waals surface area (Å²) >= 11 is 0. The van der Waals surface area contributed by atoms with Gasteiger partial charge in [0.15, 0.2) is 0 Å². The molecule has 7 aromatic carbocycles. The van der Waals surface area contributed by atoms with Gasteiger partial charge in [0.25, 0.3) is 0 Å². The maximum absolute atomic E-state index is 10.3. The second-order valence-corrected chi connectivity index (χ2v) is 11.9. The van der Waals surface area contributed by atoms with E-state index >= 15 is 0 Å². The lowest BCUT2D eigenvalue weighted by Gasteiger charge is -2.17. The van der Waals surface area contributed by atoms with Gasteiger partial charge in [0, 0.05) is 27.2 Å². The molecule has 0 amide bonds. The van der Waals surface area contributed by atoms with E-state index in [0.29, 0.717) is 11.3 Å². The molecule has 0 saturated carbocycles. The molecule has 9 aromatic rings. The Hall–Kier alpha value is -6.88. The zero-order valence-corrected chi connectivity index (χ0v) is 25.8. The Balaban J connectivity index is 1.23. The van der Waals surface area contributed by atoms with Gasteiger partial charge < -0.3 is 9.13 Å². The Labute approximate surface area is 277 Å². The number of para-hydroxylation sites is 5. The lowest BCUT2D eigenvalue weighted by Crippen LogP contribution is -1.98. The third-order valence-electron chi connectivity index (χ3n) is 9.40. The molecule has 0 bridgehead atoms. The van der Waals surface area contributed by atoms with Crippen LogP contribution in [0.2, 0.25) is 0 Å². The van der Waals surface area contributed by atoms with Gasteiger partial charge in [-0.15, -0.1) is 0 Å². The number of hydrogen-bond donors (Lipinski definition) is 0. The highest BCUT2D eigenvalue weighted by Gasteiger charge is 2.20. The first-order chi connectivity index (χ1) is 23.7. The van der Waals surface area contributed by atoms with E-state index in [1.807, 2.05) is 18.2 Å². The first-order valence-corrected chi connectivity index (χ1v) is 15.9. The number of nitrogens with zero attached hydrogens (tertiary/aromatic N) is 4. The van der Waals surface area contributed by atoms with Crippen LogP contribution in [0.25, 0.3) is 82.1 Å². The second-order valence-electron chi connectivity index (χ2n) is 11.9. The van der Waals surface area contributed by atoms with Crippen molar-refractivity contribution in [1.82, 2.24) is 9.13 Å². The number of aromatic nitrogens is 2. The van der Waals surface area contributed by atoms with Crippen LogP contribution in [0.3, 0.4) is 0 Å². The molecule has 0 atom stereocenters. The van der Waals surface area contributed by atoms with Crippen molar-refractivity contribution in [3.05, 3.63) is 175 Å². The number of hydrogen-bond acceptors (Lipinski definition) is 1. The Morgan fingerprint density at radius 1 is 0.479 bits per heavy atom. The molecule has 0 unspecified atom stereocenters. The van der Waals surface area contributed by atoms with Crippen molar-refractivity contribution in [2.24, 2.45) is 0 Å². The van der Waals surface area contributed by atoms with Crippen molar-refractivity contribution < 1.29 is 0 Å². The fraction of sp³-hybridized carbons (Fsp3) is 0. The second kappa shape index (κ2) is 10.9. The van der Waals surface area contributed by atoms with Crippen LogP contribution in [-0.2, 0) is 0 Å². The summed E-state index contributed by atoms with van der Waals surface area (Å²) in [6.07, 6.45) is 0. The molecule has 4 heteroatoms. The van der Waals surface area contributed by atoms with E-state index in [9.17, 15) is 5.26 Å². The first kappa shape index (κ1) is 27.4. The summed E-state index contributed by atoms with van der Waals surface area (Å²) in [5.74, 6) is 0. The van der Waals surface area contributed by atoms with Crippen LogP contribution in [0, 0.1) is 17.9 Å². The number of benzene rings is 7. The maximum atomic E-state index is 10.3. The van der Waals surface area contributed by atoms with Crippen molar-refractivity contribution in [2.75, 3.05) is 0 Å². The molecular formula is C44H26N4. The van der Waals surface area contributed by atoms with Gasteiger partial charge in [-0.05, 0) is 70.8 Å². The van der Waals surface area contributed by atoms with Gasteiger partial charge in [-0.1, -0.05) is 109 Å². The van der Waals surface area contributed by atoms with E-state index in [4.69, 9.17) is 6.57 Å². The zero-order chi connectivity index (χ0) is 32.2. The van der Waals surface area contributed by atoms with Crippen molar-refractivity contribution in [3.63, 3.8) is 0 Å². The summed E-state index contributed by atoms with van der Waals surface area (Å²) in [6.45, 7) is 8.16. The molecule has 0 fully saturated rings. The molecule has 48 heavy (non-hydrogen) atoms. The molecule has 222 valence electrons. The third-order valence-corrected chi connectivity index (χ3v) is 9.40. The van der Waals surface area contributed by atoms with E-state index in [0.717, 1.165) is 55.7 Å². The van der Waals surface area contributed by atoms with Gasteiger partial charge in [0.05, 0.1) is 46.0 Å². The molecule has 0 radical (unpaired) electrons. The Morgan fingerprint density at radius 3 is 1.48 bits per heavy atom. The minimum atomic E-state index is 0.358. The van der Waals surface area contributed by atoms with Gasteiger partial charge in [0.1, 0.15) is 0 Å². The largest absolute Gasteiger partial charge is 0.309 e. The average molecular weight is 611 g/mol. The molecule has 0 aliphatic carbocycles. The van der Waals surface area contributed by atoms with Gasteiger partial charge >= 0.3 is 0 Å². The summed E-state index contributed by atoms with van der Waals surface area (Å²) < 4.78 is 4.57. The predicted molar refractivity (Wildman–Crippen MR) is 197 cm³/mol. The van der Waals surface area contributed by atoms with E-state index in [-0.39, 0.29) is 0 Å². The van der Waals surface area contributed by atoms with Crippen molar-refractivity contribution in [3.8, 4) is 39.7 Å². The third kappa shape index (κ3) is 4.07. The highest BCUT2D eigenvalue weighted by atomic mass is 15.0. The van der Waals surface area contributed by atoms with E-state index in [1.165, 1.54) is 21.5 Å². The topological polar surface area (TPSA) is 38.0 Å². The van der Waals surface area contributed by atoms with Gasteiger partial charge in [0.2, 0.25) is 5.69 Å². The molecule has 2 heterocycles. The van der Waals surface area contributed by atoms with Crippen LogP contribution in [0.15, 0.2) is 158 Å². The fourth-order valence-corrected chi connectivity index (χ4v) is 7.29. The summed E-state index contributed by atoms with van der Waals surface area (Å²) in [4.78, 5) is 3.92. The van der Waals surface area contributed by atoms with Crippen molar-refractivity contribution in [2.45, 2.75) is 0 Å². The van der Waals surface area contributed by atoms with E-state index in [2.05, 4.69) is 160 Å². The Bertz CT molecular complexity index is 2690. The Morgan fingerprint density at radius 2 is 0.958 bits per heavy atom. The molecule has 0 saturated heterocycles. The summed E-state index contributed by atoms with van der Waals surface area (Å²) in [6, 6.07) is 56.7. The monoisotopic (exact) mass is 610 g/mol. The van der Waals surface area contributed by atoms with Gasteiger partial charge in [-0.2, -0.15) is 5.26 Å². The highest BCUT2D eigenvalue weighted by molar-refractivity contribution is 6.10. The molecule has 4 nitrogen and oxygen atoms in total. The van der Waals surface area contributed by atoms with Crippen molar-refractivity contribution >= 4 is 49.3 Å². The predicted octanol–water partition coefficient (Wildman–Crippen LogP) is 11.6. The SMILES string of the molecule is [C-]#[N+]c1c(C#N)cc(-c2ccc(-n3c4ccccc4c4ccccc43)cc2)cc1-c1ccccc1-n1c2ccccc2c2ccccc21. The molecule has 0 N–H and O–H groups in total. The van der Waals surface area contributed by atoms with Crippen molar-refractivity contribution in [1.29, 1.82) is 5.26 Å². The number of rotatable bonds is 4. The molecule has 2 aromatic heterocycles. The van der Waals surface area contributed by atoms with E-state index < -0.39 is 0 Å². The summed E-state index contributed by atoms with van der Waals surface area (Å²) in [7, 11) is 0.